The molecule has 1 saturated heterocycles. The van der Waals surface area contributed by atoms with E-state index in [9.17, 15) is 9.18 Å². The Hall–Kier alpha value is -2.98. The van der Waals surface area contributed by atoms with E-state index in [1.165, 1.54) is 11.6 Å². The van der Waals surface area contributed by atoms with Crippen molar-refractivity contribution in [3.8, 4) is 0 Å². The molecule has 3 aromatic rings. The third kappa shape index (κ3) is 4.65. The van der Waals surface area contributed by atoms with Gasteiger partial charge < -0.3 is 5.32 Å². The monoisotopic (exact) mass is 374 g/mol. The van der Waals surface area contributed by atoms with Gasteiger partial charge in [-0.05, 0) is 52.6 Å². The van der Waals surface area contributed by atoms with E-state index in [1.807, 2.05) is 48.5 Å². The van der Waals surface area contributed by atoms with Crippen LogP contribution in [-0.2, 0) is 11.3 Å². The molecule has 0 radical (unpaired) electrons. The van der Waals surface area contributed by atoms with Gasteiger partial charge in [0, 0.05) is 31.8 Å². The van der Waals surface area contributed by atoms with Gasteiger partial charge in [0.15, 0.2) is 0 Å². The molecule has 1 heterocycles. The zero-order valence-electron chi connectivity index (χ0n) is 15.6. The van der Waals surface area contributed by atoms with Gasteiger partial charge in [-0.2, -0.15) is 0 Å². The summed E-state index contributed by atoms with van der Waals surface area (Å²) in [6.07, 6.45) is 4.38. The molecule has 3 nitrogen and oxygen atoms in total. The van der Waals surface area contributed by atoms with Gasteiger partial charge in [0.25, 0.3) is 0 Å². The molecule has 142 valence electrons. The van der Waals surface area contributed by atoms with Crippen molar-refractivity contribution in [1.29, 1.82) is 0 Å². The van der Waals surface area contributed by atoms with E-state index in [-0.39, 0.29) is 17.8 Å². The highest BCUT2D eigenvalue weighted by Gasteiger charge is 2.23. The van der Waals surface area contributed by atoms with Crippen LogP contribution in [0.2, 0.25) is 0 Å². The fraction of sp³-hybridized carbons (Fsp3) is 0.208. The Labute approximate surface area is 164 Å². The molecule has 0 bridgehead atoms. The Morgan fingerprint density at radius 3 is 2.71 bits per heavy atom. The number of carbonyl (C=O) groups excluding carboxylic acids is 1. The van der Waals surface area contributed by atoms with Crippen LogP contribution < -0.4 is 5.32 Å². The third-order valence-corrected chi connectivity index (χ3v) is 5.12. The standard InChI is InChI=1S/C24H23FN2O/c25-22-10-9-20-14-19(6-8-21(20)15-22)16-27-13-12-23(17-27)26-24(28)11-7-18-4-2-1-3-5-18/h1-11,14-15,23H,12-13,16-17H2,(H,26,28)/b11-7+/t23-/m1/s1. The van der Waals surface area contributed by atoms with Crippen molar-refractivity contribution >= 4 is 22.8 Å². The Balaban J connectivity index is 1.31. The number of fused-ring (bicyclic) bond motifs is 1. The van der Waals surface area contributed by atoms with Crippen molar-refractivity contribution in [3.05, 3.63) is 89.8 Å². The molecule has 0 saturated carbocycles. The SMILES string of the molecule is O=C(/C=C/c1ccccc1)N[C@@H]1CCN(Cc2ccc3cc(F)ccc3c2)C1. The number of nitrogens with zero attached hydrogens (tertiary/aromatic N) is 1. The summed E-state index contributed by atoms with van der Waals surface area (Å²) in [6.45, 7) is 2.63. The first kappa shape index (κ1) is 18.4. The van der Waals surface area contributed by atoms with Crippen LogP contribution in [0.4, 0.5) is 4.39 Å². The highest BCUT2D eigenvalue weighted by Crippen LogP contribution is 2.20. The highest BCUT2D eigenvalue weighted by molar-refractivity contribution is 5.91. The number of rotatable bonds is 5. The maximum atomic E-state index is 13.3. The first-order chi connectivity index (χ1) is 13.7. The van der Waals surface area contributed by atoms with Crippen LogP contribution in [-0.4, -0.2) is 29.9 Å². The molecule has 0 aliphatic carbocycles. The van der Waals surface area contributed by atoms with Gasteiger partial charge in [0.05, 0.1) is 0 Å². The molecular formula is C24H23FN2O. The lowest BCUT2D eigenvalue weighted by atomic mass is 10.1. The molecule has 3 aromatic carbocycles. The lowest BCUT2D eigenvalue weighted by molar-refractivity contribution is -0.117. The maximum Gasteiger partial charge on any atom is 0.244 e. The second-order valence-corrected chi connectivity index (χ2v) is 7.30. The molecule has 1 amide bonds. The molecule has 4 heteroatoms. The minimum absolute atomic E-state index is 0.0524. The van der Waals surface area contributed by atoms with E-state index in [2.05, 4.69) is 22.3 Å². The van der Waals surface area contributed by atoms with E-state index in [4.69, 9.17) is 0 Å². The van der Waals surface area contributed by atoms with Gasteiger partial charge in [-0.1, -0.05) is 48.5 Å². The van der Waals surface area contributed by atoms with Gasteiger partial charge >= 0.3 is 0 Å². The van der Waals surface area contributed by atoms with Crippen LogP contribution in [0, 0.1) is 5.82 Å². The van der Waals surface area contributed by atoms with Crippen LogP contribution in [0.25, 0.3) is 16.8 Å². The van der Waals surface area contributed by atoms with Crippen molar-refractivity contribution < 1.29 is 9.18 Å². The van der Waals surface area contributed by atoms with Crippen LogP contribution in [0.5, 0.6) is 0 Å². The summed E-state index contributed by atoms with van der Waals surface area (Å²) in [6, 6.07) is 21.0. The van der Waals surface area contributed by atoms with E-state index in [0.717, 1.165) is 42.4 Å². The van der Waals surface area contributed by atoms with Crippen molar-refractivity contribution in [3.63, 3.8) is 0 Å². The molecule has 4 rings (SSSR count). The second kappa shape index (κ2) is 8.36. The number of halogens is 1. The lowest BCUT2D eigenvalue weighted by Gasteiger charge is -2.17. The Morgan fingerprint density at radius 2 is 1.86 bits per heavy atom. The third-order valence-electron chi connectivity index (χ3n) is 5.12. The Morgan fingerprint density at radius 1 is 1.07 bits per heavy atom. The molecule has 1 atom stereocenters. The molecule has 1 N–H and O–H groups in total. The quantitative estimate of drug-likeness (QED) is 0.672. The fourth-order valence-corrected chi connectivity index (χ4v) is 3.70. The number of carbonyl (C=O) groups is 1. The van der Waals surface area contributed by atoms with Crippen molar-refractivity contribution in [2.45, 2.75) is 19.0 Å². The van der Waals surface area contributed by atoms with E-state index < -0.39 is 0 Å². The predicted molar refractivity (Wildman–Crippen MR) is 111 cm³/mol. The van der Waals surface area contributed by atoms with Crippen LogP contribution in [0.1, 0.15) is 17.5 Å². The van der Waals surface area contributed by atoms with E-state index in [1.54, 1.807) is 12.1 Å². The number of hydrogen-bond donors (Lipinski definition) is 1. The summed E-state index contributed by atoms with van der Waals surface area (Å²) in [4.78, 5) is 14.5. The fourth-order valence-electron chi connectivity index (χ4n) is 3.70. The molecule has 0 unspecified atom stereocenters. The van der Waals surface area contributed by atoms with Gasteiger partial charge in [0.1, 0.15) is 5.82 Å². The van der Waals surface area contributed by atoms with Crippen LogP contribution >= 0.6 is 0 Å². The van der Waals surface area contributed by atoms with Crippen LogP contribution in [0.3, 0.4) is 0 Å². The van der Waals surface area contributed by atoms with Gasteiger partial charge in [-0.15, -0.1) is 0 Å². The summed E-state index contributed by atoms with van der Waals surface area (Å²) in [5.74, 6) is -0.261. The van der Waals surface area contributed by atoms with Gasteiger partial charge in [-0.3, -0.25) is 9.69 Å². The average molecular weight is 374 g/mol. The molecule has 28 heavy (non-hydrogen) atoms. The average Bonchev–Trinajstić information content (AvgIpc) is 3.14. The van der Waals surface area contributed by atoms with Gasteiger partial charge in [0.2, 0.25) is 5.91 Å². The minimum Gasteiger partial charge on any atom is -0.348 e. The van der Waals surface area contributed by atoms with E-state index >= 15 is 0 Å². The second-order valence-electron chi connectivity index (χ2n) is 7.30. The van der Waals surface area contributed by atoms with Gasteiger partial charge in [-0.25, -0.2) is 4.39 Å². The largest absolute Gasteiger partial charge is 0.348 e. The normalized spacial score (nSPS) is 17.4. The number of likely N-dealkylation sites (tertiary alicyclic amines) is 1. The molecule has 0 aromatic heterocycles. The number of hydrogen-bond acceptors (Lipinski definition) is 2. The number of amides is 1. The zero-order chi connectivity index (χ0) is 19.3. The topological polar surface area (TPSA) is 32.3 Å². The number of nitrogens with one attached hydrogen (secondary N) is 1. The Kier molecular flexibility index (Phi) is 5.49. The first-order valence-electron chi connectivity index (χ1n) is 9.60. The van der Waals surface area contributed by atoms with E-state index in [0.29, 0.717) is 0 Å². The summed E-state index contributed by atoms with van der Waals surface area (Å²) >= 11 is 0. The molecule has 1 aliphatic heterocycles. The predicted octanol–water partition coefficient (Wildman–Crippen LogP) is 4.38. The highest BCUT2D eigenvalue weighted by atomic mass is 19.1. The molecular weight excluding hydrogens is 351 g/mol. The maximum absolute atomic E-state index is 13.3. The van der Waals surface area contributed by atoms with Crippen molar-refractivity contribution in [2.75, 3.05) is 13.1 Å². The van der Waals surface area contributed by atoms with Crippen molar-refractivity contribution in [2.24, 2.45) is 0 Å². The number of benzene rings is 3. The van der Waals surface area contributed by atoms with Crippen LogP contribution in [0.15, 0.2) is 72.8 Å². The Bertz CT molecular complexity index is 1000. The minimum atomic E-state index is -0.209. The summed E-state index contributed by atoms with van der Waals surface area (Å²) in [5, 5.41) is 5.06. The smallest absolute Gasteiger partial charge is 0.244 e. The summed E-state index contributed by atoms with van der Waals surface area (Å²) in [7, 11) is 0. The summed E-state index contributed by atoms with van der Waals surface area (Å²) in [5.41, 5.74) is 2.22. The van der Waals surface area contributed by atoms with Crippen molar-refractivity contribution in [1.82, 2.24) is 10.2 Å². The molecule has 1 fully saturated rings. The zero-order valence-corrected chi connectivity index (χ0v) is 15.6. The first-order valence-corrected chi connectivity index (χ1v) is 9.60. The lowest BCUT2D eigenvalue weighted by Crippen LogP contribution is -2.35. The summed E-state index contributed by atoms with van der Waals surface area (Å²) < 4.78 is 13.3. The molecule has 0 spiro atoms. The molecule has 1 aliphatic rings.